The number of nitrogens with one attached hydrogen (secondary N) is 2. The maximum atomic E-state index is 13.2. The van der Waals surface area contributed by atoms with Crippen LogP contribution in [0, 0.1) is 0 Å². The number of H-pyrrole nitrogens is 1. The Bertz CT molecular complexity index is 1320. The first-order valence-corrected chi connectivity index (χ1v) is 13.4. The smallest absolute Gasteiger partial charge is 0.347 e. The molecule has 0 aliphatic carbocycles. The van der Waals surface area contributed by atoms with E-state index in [2.05, 4.69) is 25.2 Å². The zero-order valence-corrected chi connectivity index (χ0v) is 23.1. The number of aliphatic carboxylic acids is 1. The van der Waals surface area contributed by atoms with Crippen LogP contribution in [0.3, 0.4) is 0 Å². The predicted molar refractivity (Wildman–Crippen MR) is 148 cm³/mol. The van der Waals surface area contributed by atoms with E-state index in [4.69, 9.17) is 5.73 Å². The molecule has 214 valence electrons. The fourth-order valence-electron chi connectivity index (χ4n) is 5.15. The van der Waals surface area contributed by atoms with Crippen LogP contribution in [-0.2, 0) is 36.3 Å². The molecule has 4 rings (SSSR count). The molecule has 3 heterocycles. The lowest BCUT2D eigenvalue weighted by atomic mass is 10.0. The Kier molecular flexibility index (Phi) is 9.17. The van der Waals surface area contributed by atoms with E-state index >= 15 is 0 Å². The van der Waals surface area contributed by atoms with E-state index in [1.807, 2.05) is 42.6 Å². The summed E-state index contributed by atoms with van der Waals surface area (Å²) in [5, 5.41) is 12.6. The summed E-state index contributed by atoms with van der Waals surface area (Å²) in [6.07, 6.45) is 6.08. The van der Waals surface area contributed by atoms with Crippen LogP contribution in [0.4, 0.5) is 5.69 Å². The number of carboxylic acids is 1. The lowest BCUT2D eigenvalue weighted by molar-refractivity contribution is -0.140. The Labute approximate surface area is 233 Å². The second-order valence-electron chi connectivity index (χ2n) is 9.92. The van der Waals surface area contributed by atoms with E-state index in [0.717, 1.165) is 30.1 Å². The summed E-state index contributed by atoms with van der Waals surface area (Å²) in [6.45, 7) is 6.56. The summed E-state index contributed by atoms with van der Waals surface area (Å²) < 4.78 is 1.95. The van der Waals surface area contributed by atoms with Gasteiger partial charge < -0.3 is 30.6 Å². The van der Waals surface area contributed by atoms with Crippen LogP contribution < -0.4 is 16.0 Å². The van der Waals surface area contributed by atoms with E-state index in [1.165, 1.54) is 4.90 Å². The predicted octanol–water partition coefficient (Wildman–Crippen LogP) is 1.24. The van der Waals surface area contributed by atoms with E-state index in [-0.39, 0.29) is 5.56 Å². The van der Waals surface area contributed by atoms with E-state index in [9.17, 15) is 19.5 Å². The summed E-state index contributed by atoms with van der Waals surface area (Å²) in [5.74, 6) is -0.825. The van der Waals surface area contributed by atoms with Crippen molar-refractivity contribution in [3.8, 4) is 0 Å². The summed E-state index contributed by atoms with van der Waals surface area (Å²) in [7, 11) is 1.93. The number of aromatic nitrogens is 4. The molecule has 0 radical (unpaired) electrons. The Balaban J connectivity index is 1.70. The largest absolute Gasteiger partial charge is 0.478 e. The molecule has 5 N–H and O–H groups in total. The monoisotopic (exact) mass is 551 g/mol. The second kappa shape index (κ2) is 12.7. The van der Waals surface area contributed by atoms with Gasteiger partial charge in [0.25, 0.3) is 11.8 Å². The number of hydrogen-bond donors (Lipinski definition) is 4. The number of hydrogen-bond acceptors (Lipinski definition) is 8. The van der Waals surface area contributed by atoms with Gasteiger partial charge in [0.2, 0.25) is 6.17 Å². The minimum atomic E-state index is -1.45. The van der Waals surface area contributed by atoms with Gasteiger partial charge in [-0.15, -0.1) is 0 Å². The van der Waals surface area contributed by atoms with Gasteiger partial charge >= 0.3 is 5.97 Å². The molecule has 0 saturated carbocycles. The molecular weight excluding hydrogens is 514 g/mol. The van der Waals surface area contributed by atoms with Gasteiger partial charge in [0.05, 0.1) is 24.3 Å². The standard InChI is InChI=1S/C27H37N9O4/c1-4-11-35(12-5-2)26(23(28)37)36-20-7-6-18(14-19(20)25(38)32-24(36)27(39)40)15-34(16-21-29-8-9-30-21)17-22-31-10-13-33(22)3/h6-10,13-14,24,26H,4-5,11-12,15-17H2,1-3H3,(H2,28,37)(H,29,30)(H,32,38)(H,39,40). The normalized spacial score (nSPS) is 15.8. The van der Waals surface area contributed by atoms with Crippen molar-refractivity contribution in [2.24, 2.45) is 12.8 Å². The molecule has 2 atom stereocenters. The number of aromatic amines is 1. The van der Waals surface area contributed by atoms with Gasteiger partial charge in [-0.1, -0.05) is 19.9 Å². The van der Waals surface area contributed by atoms with Crippen molar-refractivity contribution < 1.29 is 19.5 Å². The minimum Gasteiger partial charge on any atom is -0.478 e. The van der Waals surface area contributed by atoms with Crippen LogP contribution in [0.15, 0.2) is 43.0 Å². The number of aryl methyl sites for hydroxylation is 1. The number of carboxylic acid groups (broad SMARTS) is 1. The van der Waals surface area contributed by atoms with Crippen molar-refractivity contribution in [3.63, 3.8) is 0 Å². The summed E-state index contributed by atoms with van der Waals surface area (Å²) in [5.41, 5.74) is 7.33. The maximum absolute atomic E-state index is 13.2. The molecule has 1 aliphatic heterocycles. The first kappa shape index (κ1) is 28.8. The summed E-state index contributed by atoms with van der Waals surface area (Å²) >= 11 is 0. The molecule has 2 unspecified atom stereocenters. The van der Waals surface area contributed by atoms with Crippen molar-refractivity contribution in [2.45, 2.75) is 58.7 Å². The molecule has 13 nitrogen and oxygen atoms in total. The van der Waals surface area contributed by atoms with Crippen molar-refractivity contribution in [3.05, 3.63) is 65.8 Å². The Hall–Kier alpha value is -4.23. The van der Waals surface area contributed by atoms with Crippen LogP contribution in [0.5, 0.6) is 0 Å². The fraction of sp³-hybridized carbons (Fsp3) is 0.444. The van der Waals surface area contributed by atoms with Gasteiger partial charge in [-0.25, -0.2) is 14.8 Å². The number of nitrogens with two attached hydrogens (primary N) is 1. The number of nitrogens with zero attached hydrogens (tertiary/aromatic N) is 6. The molecule has 1 aromatic carbocycles. The second-order valence-corrected chi connectivity index (χ2v) is 9.92. The average molecular weight is 552 g/mol. The molecule has 0 fully saturated rings. The van der Waals surface area contributed by atoms with Gasteiger partial charge in [0, 0.05) is 51.5 Å². The summed E-state index contributed by atoms with van der Waals surface area (Å²) in [6, 6.07) is 5.29. The number of imidazole rings is 2. The third-order valence-corrected chi connectivity index (χ3v) is 6.87. The van der Waals surface area contributed by atoms with Gasteiger partial charge in [0.15, 0.2) is 6.17 Å². The third kappa shape index (κ3) is 6.32. The van der Waals surface area contributed by atoms with Crippen LogP contribution in [0.1, 0.15) is 54.3 Å². The highest BCUT2D eigenvalue weighted by Gasteiger charge is 2.43. The number of anilines is 1. The molecule has 13 heteroatoms. The quantitative estimate of drug-likeness (QED) is 0.231. The average Bonchev–Trinajstić information content (AvgIpc) is 3.57. The number of carbonyl (C=O) groups is 3. The topological polar surface area (TPSA) is 166 Å². The molecule has 2 aromatic heterocycles. The maximum Gasteiger partial charge on any atom is 0.347 e. The highest BCUT2D eigenvalue weighted by Crippen LogP contribution is 2.31. The number of benzene rings is 1. The van der Waals surface area contributed by atoms with Crippen LogP contribution >= 0.6 is 0 Å². The van der Waals surface area contributed by atoms with Gasteiger partial charge in [-0.05, 0) is 30.5 Å². The lowest BCUT2D eigenvalue weighted by Crippen LogP contribution is -2.67. The van der Waals surface area contributed by atoms with Crippen molar-refractivity contribution in [1.82, 2.24) is 34.6 Å². The van der Waals surface area contributed by atoms with Crippen molar-refractivity contribution >= 4 is 23.5 Å². The molecule has 0 spiro atoms. The molecule has 2 amide bonds. The van der Waals surface area contributed by atoms with Gasteiger partial charge in [-0.2, -0.15) is 0 Å². The number of fused-ring (bicyclic) bond motifs is 1. The van der Waals surface area contributed by atoms with Crippen LogP contribution in [0.25, 0.3) is 0 Å². The first-order valence-electron chi connectivity index (χ1n) is 13.4. The fourth-order valence-corrected chi connectivity index (χ4v) is 5.15. The number of carbonyl (C=O) groups excluding carboxylic acids is 2. The molecule has 3 aromatic rings. The minimum absolute atomic E-state index is 0.282. The highest BCUT2D eigenvalue weighted by atomic mass is 16.4. The Morgan fingerprint density at radius 2 is 1.88 bits per heavy atom. The van der Waals surface area contributed by atoms with Gasteiger partial charge in [0.1, 0.15) is 11.6 Å². The van der Waals surface area contributed by atoms with Crippen LogP contribution in [0.2, 0.25) is 0 Å². The zero-order chi connectivity index (χ0) is 28.8. The highest BCUT2D eigenvalue weighted by molar-refractivity contribution is 6.06. The molecule has 40 heavy (non-hydrogen) atoms. The molecule has 0 saturated heterocycles. The zero-order valence-electron chi connectivity index (χ0n) is 23.1. The Morgan fingerprint density at radius 1 is 1.12 bits per heavy atom. The first-order chi connectivity index (χ1) is 19.2. The van der Waals surface area contributed by atoms with Crippen LogP contribution in [-0.4, -0.2) is 77.6 Å². The number of primary amides is 1. The van der Waals surface area contributed by atoms with E-state index < -0.39 is 30.1 Å². The van der Waals surface area contributed by atoms with Gasteiger partial charge in [-0.3, -0.25) is 19.4 Å². The molecular formula is C27H37N9O4. The Morgan fingerprint density at radius 3 is 2.45 bits per heavy atom. The lowest BCUT2D eigenvalue weighted by Gasteiger charge is -2.44. The van der Waals surface area contributed by atoms with E-state index in [0.29, 0.717) is 38.4 Å². The molecule has 1 aliphatic rings. The third-order valence-electron chi connectivity index (χ3n) is 6.87. The van der Waals surface area contributed by atoms with Crippen molar-refractivity contribution in [1.29, 1.82) is 0 Å². The van der Waals surface area contributed by atoms with Crippen molar-refractivity contribution in [2.75, 3.05) is 18.0 Å². The SMILES string of the molecule is CCCN(CCC)C(C(N)=O)N1c2ccc(CN(Cc3ncc[nH]3)Cc3nccn3C)cc2C(=O)NC1C(=O)O. The summed E-state index contributed by atoms with van der Waals surface area (Å²) in [4.78, 5) is 55.6. The number of amides is 2. The van der Waals surface area contributed by atoms with E-state index in [1.54, 1.807) is 30.7 Å². The number of rotatable bonds is 14. The molecule has 0 bridgehead atoms.